The molecule has 104 valence electrons. The lowest BCUT2D eigenvalue weighted by molar-refractivity contribution is 0.0504. The van der Waals surface area contributed by atoms with E-state index in [1.54, 1.807) is 6.08 Å². The molecule has 0 saturated carbocycles. The highest BCUT2D eigenvalue weighted by Crippen LogP contribution is 2.17. The number of benzene rings is 1. The third-order valence-electron chi connectivity index (χ3n) is 2.55. The van der Waals surface area contributed by atoms with Gasteiger partial charge in [0.2, 0.25) is 5.89 Å². The van der Waals surface area contributed by atoms with Crippen molar-refractivity contribution in [2.75, 3.05) is 6.61 Å². The third kappa shape index (κ3) is 3.78. The monoisotopic (exact) mass is 272 g/mol. The summed E-state index contributed by atoms with van der Waals surface area (Å²) in [5, 5.41) is 7.52. The second-order valence-electron chi connectivity index (χ2n) is 4.14. The molecule has 0 N–H and O–H groups in total. The summed E-state index contributed by atoms with van der Waals surface area (Å²) < 4.78 is 10.3. The average Bonchev–Trinajstić information content (AvgIpc) is 2.98. The molecule has 5 heteroatoms. The highest BCUT2D eigenvalue weighted by Gasteiger charge is 2.16. The Morgan fingerprint density at radius 1 is 1.25 bits per heavy atom. The van der Waals surface area contributed by atoms with Crippen LogP contribution in [0.1, 0.15) is 30.5 Å². The van der Waals surface area contributed by atoms with E-state index in [0.717, 1.165) is 18.4 Å². The highest BCUT2D eigenvalue weighted by molar-refractivity contribution is 5.84. The third-order valence-corrected chi connectivity index (χ3v) is 2.55. The van der Waals surface area contributed by atoms with E-state index in [4.69, 9.17) is 9.15 Å². The fourth-order valence-corrected chi connectivity index (χ4v) is 1.54. The summed E-state index contributed by atoms with van der Waals surface area (Å²) in [6.07, 6.45) is 5.80. The van der Waals surface area contributed by atoms with Gasteiger partial charge in [0.25, 0.3) is 0 Å². The minimum atomic E-state index is -0.610. The van der Waals surface area contributed by atoms with Gasteiger partial charge in [0.1, 0.15) is 6.61 Å². The van der Waals surface area contributed by atoms with Gasteiger partial charge in [-0.3, -0.25) is 0 Å². The number of hydrogen-bond acceptors (Lipinski definition) is 5. The number of allylic oxidation sites excluding steroid dienone is 1. The molecule has 0 bridgehead atoms. The van der Waals surface area contributed by atoms with Crippen LogP contribution in [0.25, 0.3) is 11.5 Å². The van der Waals surface area contributed by atoms with Crippen molar-refractivity contribution in [3.8, 4) is 11.5 Å². The van der Waals surface area contributed by atoms with Crippen LogP contribution in [0.15, 0.2) is 46.9 Å². The molecule has 0 radical (unpaired) electrons. The van der Waals surface area contributed by atoms with Gasteiger partial charge < -0.3 is 9.15 Å². The molecular formula is C15H16N2O3. The molecule has 1 aromatic heterocycles. The van der Waals surface area contributed by atoms with E-state index >= 15 is 0 Å². The molecule has 0 unspecified atom stereocenters. The lowest BCUT2D eigenvalue weighted by Gasteiger charge is -1.96. The molecule has 0 fully saturated rings. The summed E-state index contributed by atoms with van der Waals surface area (Å²) in [4.78, 5) is 11.7. The minimum Gasteiger partial charge on any atom is -0.454 e. The number of rotatable bonds is 6. The van der Waals surface area contributed by atoms with Crippen LogP contribution in [0.5, 0.6) is 0 Å². The molecule has 0 amide bonds. The number of nitrogens with zero attached hydrogens (tertiary/aromatic N) is 2. The number of aromatic nitrogens is 2. The first-order valence-electron chi connectivity index (χ1n) is 6.52. The molecule has 1 aromatic carbocycles. The fourth-order valence-electron chi connectivity index (χ4n) is 1.54. The molecule has 20 heavy (non-hydrogen) atoms. The molecule has 0 aliphatic rings. The predicted octanol–water partition coefficient (Wildman–Crippen LogP) is 3.25. The second-order valence-corrected chi connectivity index (χ2v) is 4.14. The molecule has 0 spiro atoms. The van der Waals surface area contributed by atoms with Gasteiger partial charge >= 0.3 is 11.9 Å². The molecule has 0 aliphatic heterocycles. The van der Waals surface area contributed by atoms with Gasteiger partial charge in [-0.05, 0) is 18.6 Å². The van der Waals surface area contributed by atoms with Crippen LogP contribution in [0.2, 0.25) is 0 Å². The summed E-state index contributed by atoms with van der Waals surface area (Å²) in [6, 6.07) is 9.26. The van der Waals surface area contributed by atoms with Gasteiger partial charge in [0, 0.05) is 5.56 Å². The Hall–Kier alpha value is -2.43. The van der Waals surface area contributed by atoms with Crippen LogP contribution in [-0.4, -0.2) is 22.8 Å². The molecule has 0 saturated heterocycles. The van der Waals surface area contributed by atoms with E-state index in [9.17, 15) is 4.79 Å². The zero-order valence-electron chi connectivity index (χ0n) is 11.3. The SMILES string of the molecule is CCC/C=C/COC(=O)c1nnc(-c2ccccc2)o1. The number of carbonyl (C=O) groups excluding carboxylic acids is 1. The largest absolute Gasteiger partial charge is 0.454 e. The maximum absolute atomic E-state index is 11.7. The highest BCUT2D eigenvalue weighted by atomic mass is 16.5. The number of carbonyl (C=O) groups is 1. The summed E-state index contributed by atoms with van der Waals surface area (Å²) in [5.74, 6) is -0.437. The van der Waals surface area contributed by atoms with Crippen molar-refractivity contribution in [1.29, 1.82) is 0 Å². The Bertz CT molecular complexity index is 576. The molecule has 2 aromatic rings. The smallest absolute Gasteiger partial charge is 0.396 e. The van der Waals surface area contributed by atoms with Crippen molar-refractivity contribution in [3.63, 3.8) is 0 Å². The maximum Gasteiger partial charge on any atom is 0.396 e. The minimum absolute atomic E-state index is 0.132. The van der Waals surface area contributed by atoms with E-state index in [1.165, 1.54) is 0 Å². The normalized spacial score (nSPS) is 10.8. The topological polar surface area (TPSA) is 65.2 Å². The van der Waals surface area contributed by atoms with Gasteiger partial charge in [-0.2, -0.15) is 0 Å². The Labute approximate surface area is 117 Å². The number of ether oxygens (including phenoxy) is 1. The van der Waals surface area contributed by atoms with Crippen molar-refractivity contribution < 1.29 is 13.9 Å². The Morgan fingerprint density at radius 3 is 2.80 bits per heavy atom. The van der Waals surface area contributed by atoms with Gasteiger partial charge in [-0.15, -0.1) is 10.2 Å². The molecule has 0 aliphatic carbocycles. The zero-order chi connectivity index (χ0) is 14.2. The van der Waals surface area contributed by atoms with Crippen LogP contribution in [0, 0.1) is 0 Å². The molecule has 2 rings (SSSR count). The lowest BCUT2D eigenvalue weighted by Crippen LogP contribution is -2.05. The first-order chi connectivity index (χ1) is 9.81. The number of esters is 1. The van der Waals surface area contributed by atoms with Gasteiger partial charge in [-0.1, -0.05) is 43.7 Å². The lowest BCUT2D eigenvalue weighted by atomic mass is 10.2. The quantitative estimate of drug-likeness (QED) is 0.596. The summed E-state index contributed by atoms with van der Waals surface area (Å²) >= 11 is 0. The van der Waals surface area contributed by atoms with Gasteiger partial charge in [0.15, 0.2) is 0 Å². The molecule has 1 heterocycles. The standard InChI is InChI=1S/C15H16N2O3/c1-2-3-4-8-11-19-15(18)14-17-16-13(20-14)12-9-6-5-7-10-12/h4-10H,2-3,11H2,1H3/b8-4+. The average molecular weight is 272 g/mol. The summed E-state index contributed by atoms with van der Waals surface area (Å²) in [7, 11) is 0. The maximum atomic E-state index is 11.7. The molecule has 0 atom stereocenters. The summed E-state index contributed by atoms with van der Waals surface area (Å²) in [5.41, 5.74) is 0.766. The van der Waals surface area contributed by atoms with Crippen LogP contribution in [-0.2, 0) is 4.74 Å². The summed E-state index contributed by atoms with van der Waals surface area (Å²) in [6.45, 7) is 2.29. The Kier molecular flexibility index (Phi) is 5.06. The van der Waals surface area contributed by atoms with Crippen molar-refractivity contribution >= 4 is 5.97 Å². The number of unbranched alkanes of at least 4 members (excludes halogenated alkanes) is 1. The van der Waals surface area contributed by atoms with Crippen molar-refractivity contribution in [2.45, 2.75) is 19.8 Å². The van der Waals surface area contributed by atoms with Gasteiger partial charge in [-0.25, -0.2) is 4.79 Å². The van der Waals surface area contributed by atoms with Crippen LogP contribution < -0.4 is 0 Å². The predicted molar refractivity (Wildman–Crippen MR) is 74.1 cm³/mol. The second kappa shape index (κ2) is 7.23. The Balaban J connectivity index is 1.93. The van der Waals surface area contributed by atoms with Crippen molar-refractivity contribution in [2.24, 2.45) is 0 Å². The van der Waals surface area contributed by atoms with Crippen LogP contribution in [0.4, 0.5) is 0 Å². The van der Waals surface area contributed by atoms with Crippen LogP contribution in [0.3, 0.4) is 0 Å². The number of hydrogen-bond donors (Lipinski definition) is 0. The van der Waals surface area contributed by atoms with Crippen LogP contribution >= 0.6 is 0 Å². The Morgan fingerprint density at radius 2 is 2.05 bits per heavy atom. The van der Waals surface area contributed by atoms with E-state index in [1.807, 2.05) is 36.4 Å². The van der Waals surface area contributed by atoms with E-state index in [2.05, 4.69) is 17.1 Å². The van der Waals surface area contributed by atoms with E-state index < -0.39 is 5.97 Å². The fraction of sp³-hybridized carbons (Fsp3) is 0.267. The van der Waals surface area contributed by atoms with Gasteiger partial charge in [0.05, 0.1) is 0 Å². The van der Waals surface area contributed by atoms with Crippen molar-refractivity contribution in [1.82, 2.24) is 10.2 Å². The first kappa shape index (κ1) is 14.0. The van der Waals surface area contributed by atoms with E-state index in [-0.39, 0.29) is 12.5 Å². The zero-order valence-corrected chi connectivity index (χ0v) is 11.3. The molecule has 5 nitrogen and oxygen atoms in total. The molecular weight excluding hydrogens is 256 g/mol. The van der Waals surface area contributed by atoms with E-state index in [0.29, 0.717) is 5.89 Å². The first-order valence-corrected chi connectivity index (χ1v) is 6.52. The van der Waals surface area contributed by atoms with Crippen molar-refractivity contribution in [3.05, 3.63) is 48.4 Å².